The molecule has 0 aliphatic carbocycles. The maximum atomic E-state index is 13.4. The van der Waals surface area contributed by atoms with Crippen LogP contribution in [0.25, 0.3) is 10.8 Å². The molecule has 2 aromatic carbocycles. The molecule has 108 valence electrons. The van der Waals surface area contributed by atoms with E-state index in [2.05, 4.69) is 0 Å². The molecule has 0 radical (unpaired) electrons. The van der Waals surface area contributed by atoms with Crippen molar-refractivity contribution in [3.05, 3.63) is 36.4 Å². The van der Waals surface area contributed by atoms with Gasteiger partial charge in [0.2, 0.25) is 0 Å². The zero-order valence-corrected chi connectivity index (χ0v) is 15.4. The Morgan fingerprint density at radius 2 is 1.76 bits per heavy atom. The Bertz CT molecular complexity index is 604. The first-order valence-electron chi connectivity index (χ1n) is 6.30. The van der Waals surface area contributed by atoms with E-state index in [1.165, 1.54) is 19.2 Å². The summed E-state index contributed by atoms with van der Waals surface area (Å²) in [5.74, 6) is -0.138. The zero-order valence-electron chi connectivity index (χ0n) is 12.3. The van der Waals surface area contributed by atoms with Crippen LogP contribution in [-0.4, -0.2) is 26.8 Å². The fraction of sp³-hybridized carbons (Fsp3) is 0.286. The molecule has 2 nitrogen and oxygen atoms in total. The van der Waals surface area contributed by atoms with Gasteiger partial charge in [0.1, 0.15) is 6.10 Å². The molecule has 0 aliphatic heterocycles. The molecule has 0 saturated heterocycles. The first kappa shape index (κ1) is 19.0. The van der Waals surface area contributed by atoms with E-state index in [1.807, 2.05) is 0 Å². The SMILES string of the molecule is COCC(C)Oc1ccc2ccccc2c1[B-](F)(F)F.[K+]. The van der Waals surface area contributed by atoms with Crippen molar-refractivity contribution in [2.45, 2.75) is 13.0 Å². The van der Waals surface area contributed by atoms with Gasteiger partial charge in [0, 0.05) is 7.11 Å². The minimum absolute atomic E-state index is 0. The molecule has 0 N–H and O–H groups in total. The summed E-state index contributed by atoms with van der Waals surface area (Å²) in [6.45, 7) is -3.25. The molecule has 0 heterocycles. The summed E-state index contributed by atoms with van der Waals surface area (Å²) in [7, 11) is 1.48. The molecule has 0 bridgehead atoms. The van der Waals surface area contributed by atoms with Crippen LogP contribution in [0.2, 0.25) is 0 Å². The van der Waals surface area contributed by atoms with Crippen LogP contribution in [0.1, 0.15) is 6.92 Å². The molecule has 2 rings (SSSR count). The number of hydrogen-bond donors (Lipinski definition) is 0. The minimum Gasteiger partial charge on any atom is -0.491 e. The van der Waals surface area contributed by atoms with Crippen molar-refractivity contribution >= 4 is 23.2 Å². The standard InChI is InChI=1S/C14H15BF3O2.K/c1-10(9-19-2)20-13-8-7-11-5-3-4-6-12(11)14(13)15(16,17)18;/h3-8,10H,9H2,1-2H3;/q-1;+1. The van der Waals surface area contributed by atoms with Gasteiger partial charge in [0.25, 0.3) is 0 Å². The Kier molecular flexibility index (Phi) is 7.23. The van der Waals surface area contributed by atoms with Crippen LogP contribution >= 0.6 is 0 Å². The van der Waals surface area contributed by atoms with Crippen LogP contribution in [0.3, 0.4) is 0 Å². The van der Waals surface area contributed by atoms with E-state index >= 15 is 0 Å². The van der Waals surface area contributed by atoms with Crippen molar-refractivity contribution in [1.82, 2.24) is 0 Å². The predicted octanol–water partition coefficient (Wildman–Crippen LogP) is 0.312. The Hall–Kier alpha value is -0.0487. The van der Waals surface area contributed by atoms with Gasteiger partial charge in [-0.05, 0) is 23.8 Å². The normalized spacial score (nSPS) is 12.8. The molecule has 0 fully saturated rings. The Morgan fingerprint density at radius 3 is 2.38 bits per heavy atom. The van der Waals surface area contributed by atoms with Crippen molar-refractivity contribution in [2.75, 3.05) is 13.7 Å². The number of fused-ring (bicyclic) bond motifs is 1. The van der Waals surface area contributed by atoms with Gasteiger partial charge < -0.3 is 22.4 Å². The van der Waals surface area contributed by atoms with Crippen molar-refractivity contribution in [3.63, 3.8) is 0 Å². The Labute approximate surface area is 164 Å². The third kappa shape index (κ3) is 4.71. The maximum Gasteiger partial charge on any atom is 1.00 e. The molecule has 0 aromatic heterocycles. The Morgan fingerprint density at radius 1 is 1.10 bits per heavy atom. The fourth-order valence-corrected chi connectivity index (χ4v) is 2.20. The Balaban J connectivity index is 0.00000220. The molecule has 7 heteroatoms. The largest absolute Gasteiger partial charge is 1.00 e. The minimum atomic E-state index is -5.16. The number of methoxy groups -OCH3 is 1. The molecular weight excluding hydrogens is 307 g/mol. The van der Waals surface area contributed by atoms with Gasteiger partial charge in [0.05, 0.1) is 12.4 Å². The number of halogens is 3. The van der Waals surface area contributed by atoms with Crippen molar-refractivity contribution < 1.29 is 73.8 Å². The van der Waals surface area contributed by atoms with E-state index in [0.29, 0.717) is 5.39 Å². The molecule has 21 heavy (non-hydrogen) atoms. The first-order chi connectivity index (χ1) is 9.43. The topological polar surface area (TPSA) is 18.5 Å². The van der Waals surface area contributed by atoms with Gasteiger partial charge in [-0.15, -0.1) is 0 Å². The van der Waals surface area contributed by atoms with Crippen molar-refractivity contribution in [3.8, 4) is 5.75 Å². The van der Waals surface area contributed by atoms with E-state index in [-0.39, 0.29) is 69.1 Å². The number of ether oxygens (including phenoxy) is 2. The number of hydrogen-bond acceptors (Lipinski definition) is 2. The van der Waals surface area contributed by atoms with Gasteiger partial charge in [-0.1, -0.05) is 35.8 Å². The van der Waals surface area contributed by atoms with Crippen LogP contribution in [0.5, 0.6) is 5.75 Å². The second kappa shape index (κ2) is 7.99. The summed E-state index contributed by atoms with van der Waals surface area (Å²) >= 11 is 0. The summed E-state index contributed by atoms with van der Waals surface area (Å²) < 4.78 is 50.4. The first-order valence-corrected chi connectivity index (χ1v) is 6.30. The van der Waals surface area contributed by atoms with Crippen LogP contribution < -0.4 is 61.6 Å². The van der Waals surface area contributed by atoms with Crippen molar-refractivity contribution in [1.29, 1.82) is 0 Å². The summed E-state index contributed by atoms with van der Waals surface area (Å²) in [6.07, 6.45) is -0.446. The van der Waals surface area contributed by atoms with E-state index in [1.54, 1.807) is 31.2 Å². The molecule has 0 spiro atoms. The van der Waals surface area contributed by atoms with Gasteiger partial charge in [0.15, 0.2) is 0 Å². The van der Waals surface area contributed by atoms with Crippen molar-refractivity contribution in [2.24, 2.45) is 0 Å². The fourth-order valence-electron chi connectivity index (χ4n) is 2.20. The summed E-state index contributed by atoms with van der Waals surface area (Å²) in [5.41, 5.74) is -0.675. The third-order valence-corrected chi connectivity index (χ3v) is 2.99. The van der Waals surface area contributed by atoms with Gasteiger partial charge in [-0.2, -0.15) is 0 Å². The molecule has 1 unspecified atom stereocenters. The van der Waals surface area contributed by atoms with Gasteiger partial charge >= 0.3 is 58.4 Å². The number of benzene rings is 2. The van der Waals surface area contributed by atoms with E-state index in [9.17, 15) is 12.9 Å². The van der Waals surface area contributed by atoms with Gasteiger partial charge in [-0.3, -0.25) is 0 Å². The van der Waals surface area contributed by atoms with E-state index < -0.39 is 18.5 Å². The predicted molar refractivity (Wildman–Crippen MR) is 74.6 cm³/mol. The van der Waals surface area contributed by atoms with Crippen LogP contribution in [0.15, 0.2) is 36.4 Å². The van der Waals surface area contributed by atoms with Gasteiger partial charge in [-0.25, -0.2) is 0 Å². The van der Waals surface area contributed by atoms with Crippen LogP contribution in [0, 0.1) is 0 Å². The summed E-state index contributed by atoms with van der Waals surface area (Å²) in [4.78, 5) is 0. The second-order valence-electron chi connectivity index (χ2n) is 4.66. The van der Waals surface area contributed by atoms with E-state index in [0.717, 1.165) is 0 Å². The average molecular weight is 322 g/mol. The molecule has 0 aliphatic rings. The summed E-state index contributed by atoms with van der Waals surface area (Å²) in [6, 6.07) is 9.44. The smallest absolute Gasteiger partial charge is 0.491 e. The van der Waals surface area contributed by atoms with Crippen LogP contribution in [0.4, 0.5) is 12.9 Å². The number of rotatable bonds is 5. The zero-order chi connectivity index (χ0) is 14.8. The molecule has 1 atom stereocenters. The molecule has 0 saturated carbocycles. The summed E-state index contributed by atoms with van der Waals surface area (Å²) in [5, 5.41) is 0.718. The van der Waals surface area contributed by atoms with Crippen LogP contribution in [-0.2, 0) is 4.74 Å². The maximum absolute atomic E-state index is 13.4. The average Bonchev–Trinajstić information content (AvgIpc) is 2.37. The van der Waals surface area contributed by atoms with E-state index in [4.69, 9.17) is 9.47 Å². The molecule has 0 amide bonds. The quantitative estimate of drug-likeness (QED) is 0.738. The molecular formula is C14H15BF3KO2. The third-order valence-electron chi connectivity index (χ3n) is 2.99. The monoisotopic (exact) mass is 322 g/mol. The molecule has 2 aromatic rings. The second-order valence-corrected chi connectivity index (χ2v) is 4.66.